The molecule has 0 atom stereocenters. The summed E-state index contributed by atoms with van der Waals surface area (Å²) in [5.74, 6) is 0. The van der Waals surface area contributed by atoms with Gasteiger partial charge in [0.25, 0.3) is 0 Å². The molecule has 0 fully saturated rings. The summed E-state index contributed by atoms with van der Waals surface area (Å²) in [5, 5.41) is 10.5. The summed E-state index contributed by atoms with van der Waals surface area (Å²) in [4.78, 5) is 0. The maximum Gasteiger partial charge on any atom is 0.0294 e. The fourth-order valence-corrected chi connectivity index (χ4v) is 9.55. The Labute approximate surface area is 295 Å². The second-order valence-electron chi connectivity index (χ2n) is 11.8. The van der Waals surface area contributed by atoms with Crippen LogP contribution in [0.4, 0.5) is 0 Å². The lowest BCUT2D eigenvalue weighted by Gasteiger charge is -2.25. The van der Waals surface area contributed by atoms with Crippen LogP contribution in [-0.4, -0.2) is 0 Å². The molecule has 0 saturated heterocycles. The second-order valence-corrected chi connectivity index (χ2v) is 14.0. The van der Waals surface area contributed by atoms with E-state index in [-0.39, 0.29) is 0 Å². The standard InChI is InChI=1S/C44H26I2/c45-43-33-25-14-24-32-39(33)41(35(27-15-5-1-6-16-27)37(43)29-19-9-3-10-20-29)31-23-13-26-34-40(31)42(32)36(28-17-7-2-8-18-28)38(44(34)46)30-21-11-4-12-22-30/h1-26H. The molecule has 0 heterocycles. The minimum absolute atomic E-state index is 1.24. The summed E-state index contributed by atoms with van der Waals surface area (Å²) in [6.45, 7) is 0. The van der Waals surface area contributed by atoms with Gasteiger partial charge >= 0.3 is 0 Å². The third-order valence-electron chi connectivity index (χ3n) is 9.33. The van der Waals surface area contributed by atoms with E-state index in [1.165, 1.54) is 94.7 Å². The Morgan fingerprint density at radius 3 is 0.848 bits per heavy atom. The van der Waals surface area contributed by atoms with E-state index in [4.69, 9.17) is 0 Å². The van der Waals surface area contributed by atoms with Gasteiger partial charge in [-0.25, -0.2) is 0 Å². The Morgan fingerprint density at radius 2 is 0.522 bits per heavy atom. The highest BCUT2D eigenvalue weighted by Crippen LogP contribution is 2.54. The number of hydrogen-bond acceptors (Lipinski definition) is 0. The van der Waals surface area contributed by atoms with Crippen LogP contribution in [0.2, 0.25) is 0 Å². The van der Waals surface area contributed by atoms with E-state index in [1.54, 1.807) is 0 Å². The maximum atomic E-state index is 2.61. The van der Waals surface area contributed by atoms with Crippen molar-refractivity contribution in [3.05, 3.63) is 165 Å². The van der Waals surface area contributed by atoms with Gasteiger partial charge in [0.05, 0.1) is 0 Å². The van der Waals surface area contributed by atoms with Crippen molar-refractivity contribution in [2.24, 2.45) is 0 Å². The van der Waals surface area contributed by atoms with Crippen molar-refractivity contribution in [2.75, 3.05) is 0 Å². The Kier molecular flexibility index (Phi) is 6.83. The van der Waals surface area contributed by atoms with Crippen LogP contribution in [0.15, 0.2) is 158 Å². The normalized spacial score (nSPS) is 11.7. The van der Waals surface area contributed by atoms with E-state index < -0.39 is 0 Å². The van der Waals surface area contributed by atoms with Gasteiger partial charge in [-0.05, 0) is 122 Å². The molecule has 0 saturated carbocycles. The van der Waals surface area contributed by atoms with Gasteiger partial charge in [0.15, 0.2) is 0 Å². The number of rotatable bonds is 4. The van der Waals surface area contributed by atoms with E-state index >= 15 is 0 Å². The van der Waals surface area contributed by atoms with Crippen LogP contribution in [0.25, 0.3) is 87.6 Å². The lowest BCUT2D eigenvalue weighted by molar-refractivity contribution is 1.59. The maximum absolute atomic E-state index is 2.61. The molecule has 0 aromatic heterocycles. The molecule has 216 valence electrons. The molecule has 0 bridgehead atoms. The summed E-state index contributed by atoms with van der Waals surface area (Å²) in [6, 6.07) is 57.7. The average Bonchev–Trinajstić information content (AvgIpc) is 3.12. The molecule has 9 rings (SSSR count). The van der Waals surface area contributed by atoms with E-state index in [9.17, 15) is 0 Å². The van der Waals surface area contributed by atoms with E-state index in [0.29, 0.717) is 0 Å². The first-order valence-electron chi connectivity index (χ1n) is 15.5. The highest BCUT2D eigenvalue weighted by atomic mass is 127. The van der Waals surface area contributed by atoms with Crippen LogP contribution in [0.5, 0.6) is 0 Å². The second kappa shape index (κ2) is 11.2. The first-order chi connectivity index (χ1) is 22.7. The lowest BCUT2D eigenvalue weighted by Crippen LogP contribution is -1.99. The molecular formula is C44H26I2. The zero-order valence-electron chi connectivity index (χ0n) is 24.8. The van der Waals surface area contributed by atoms with Crippen molar-refractivity contribution in [1.29, 1.82) is 0 Å². The van der Waals surface area contributed by atoms with Gasteiger partial charge < -0.3 is 0 Å². The molecule has 0 amide bonds. The van der Waals surface area contributed by atoms with Gasteiger partial charge in [-0.2, -0.15) is 0 Å². The van der Waals surface area contributed by atoms with Crippen molar-refractivity contribution in [2.45, 2.75) is 0 Å². The molecule has 0 aliphatic carbocycles. The Morgan fingerprint density at radius 1 is 0.239 bits per heavy atom. The molecule has 2 heteroatoms. The number of benzene rings is 9. The molecule has 0 aliphatic rings. The third-order valence-corrected chi connectivity index (χ3v) is 11.6. The molecule has 0 radical (unpaired) electrons. The zero-order valence-corrected chi connectivity index (χ0v) is 29.1. The summed E-state index contributed by atoms with van der Waals surface area (Å²) >= 11 is 5.23. The highest BCUT2D eigenvalue weighted by Gasteiger charge is 2.27. The van der Waals surface area contributed by atoms with Gasteiger partial charge in [0.2, 0.25) is 0 Å². The van der Waals surface area contributed by atoms with Crippen molar-refractivity contribution in [3.63, 3.8) is 0 Å². The van der Waals surface area contributed by atoms with E-state index in [0.717, 1.165) is 0 Å². The first-order valence-corrected chi connectivity index (χ1v) is 17.7. The van der Waals surface area contributed by atoms with Gasteiger partial charge in [0, 0.05) is 18.3 Å². The summed E-state index contributed by atoms with van der Waals surface area (Å²) < 4.78 is 2.57. The average molecular weight is 808 g/mol. The van der Waals surface area contributed by atoms with Gasteiger partial charge in [0.1, 0.15) is 0 Å². The largest absolute Gasteiger partial charge is 0.0622 e. The molecule has 9 aromatic rings. The number of hydrogen-bond donors (Lipinski definition) is 0. The van der Waals surface area contributed by atoms with Crippen molar-refractivity contribution >= 4 is 88.3 Å². The molecule has 9 aromatic carbocycles. The topological polar surface area (TPSA) is 0 Å². The fourth-order valence-electron chi connectivity index (χ4n) is 7.49. The summed E-state index contributed by atoms with van der Waals surface area (Å²) in [5.41, 5.74) is 10.2. The SMILES string of the molecule is Ic1c(-c2ccccc2)c(-c2ccccc2)c2c3cccc4c(I)c(-c5ccccc5)c(-c5ccccc5)c(c5cccc1c52)c43. The Balaban J connectivity index is 1.62. The van der Waals surface area contributed by atoms with Crippen LogP contribution < -0.4 is 0 Å². The van der Waals surface area contributed by atoms with Crippen LogP contribution in [0.3, 0.4) is 0 Å². The quantitative estimate of drug-likeness (QED) is 0.0944. The molecule has 0 spiro atoms. The predicted octanol–water partition coefficient (Wildman–Crippen LogP) is 13.6. The van der Waals surface area contributed by atoms with Crippen molar-refractivity contribution < 1.29 is 0 Å². The number of fused-ring (bicyclic) bond motifs is 2. The molecule has 0 aliphatic heterocycles. The zero-order chi connectivity index (χ0) is 30.8. The van der Waals surface area contributed by atoms with Gasteiger partial charge in [-0.1, -0.05) is 158 Å². The predicted molar refractivity (Wildman–Crippen MR) is 215 cm³/mol. The minimum Gasteiger partial charge on any atom is -0.0622 e. The summed E-state index contributed by atoms with van der Waals surface area (Å²) in [6.07, 6.45) is 0. The van der Waals surface area contributed by atoms with E-state index in [2.05, 4.69) is 203 Å². The van der Waals surface area contributed by atoms with Crippen LogP contribution >= 0.6 is 45.2 Å². The molecule has 0 unspecified atom stereocenters. The summed E-state index contributed by atoms with van der Waals surface area (Å²) in [7, 11) is 0. The Bertz CT molecular complexity index is 2370. The number of halogens is 2. The Hall–Kier alpha value is -4.26. The van der Waals surface area contributed by atoms with Crippen molar-refractivity contribution in [1.82, 2.24) is 0 Å². The minimum atomic E-state index is 1.24. The highest BCUT2D eigenvalue weighted by molar-refractivity contribution is 14.1. The molecule has 0 nitrogen and oxygen atoms in total. The van der Waals surface area contributed by atoms with Gasteiger partial charge in [-0.3, -0.25) is 0 Å². The van der Waals surface area contributed by atoms with E-state index in [1.807, 2.05) is 0 Å². The lowest BCUT2D eigenvalue weighted by atomic mass is 9.79. The van der Waals surface area contributed by atoms with Crippen molar-refractivity contribution in [3.8, 4) is 44.5 Å². The monoisotopic (exact) mass is 808 g/mol. The molecular weight excluding hydrogens is 782 g/mol. The molecule has 0 N–H and O–H groups in total. The third kappa shape index (κ3) is 4.16. The smallest absolute Gasteiger partial charge is 0.0294 e. The first kappa shape index (κ1) is 28.0. The van der Waals surface area contributed by atoms with Crippen LogP contribution in [0.1, 0.15) is 0 Å². The fraction of sp³-hybridized carbons (Fsp3) is 0. The van der Waals surface area contributed by atoms with Crippen LogP contribution in [0, 0.1) is 7.14 Å². The van der Waals surface area contributed by atoms with Gasteiger partial charge in [-0.15, -0.1) is 0 Å². The van der Waals surface area contributed by atoms with Crippen LogP contribution in [-0.2, 0) is 0 Å². The molecule has 46 heavy (non-hydrogen) atoms.